The maximum atomic E-state index is 6.56. The Balaban J connectivity index is 1.08. The van der Waals surface area contributed by atoms with E-state index in [1.54, 1.807) is 0 Å². The molecular weight excluding hydrogens is 657 g/mol. The first-order valence-corrected chi connectivity index (χ1v) is 18.2. The Hall–Kier alpha value is -6.69. The van der Waals surface area contributed by atoms with E-state index in [1.165, 1.54) is 42.1 Å². The van der Waals surface area contributed by atoms with Crippen LogP contribution in [0, 0.1) is 0 Å². The molecule has 0 saturated carbocycles. The van der Waals surface area contributed by atoms with E-state index in [9.17, 15) is 0 Å². The van der Waals surface area contributed by atoms with Gasteiger partial charge in [0.2, 0.25) is 5.89 Å². The summed E-state index contributed by atoms with van der Waals surface area (Å²) in [5.41, 5.74) is 9.61. The molecule has 3 heterocycles. The summed E-state index contributed by atoms with van der Waals surface area (Å²) in [6, 6.07) is 59.9. The SMILES string of the molecule is c1ccc(-c2nc3c(ccc4oc5cc(N(c6ccc(-c7cccc8ccccc78)cc6)c6ccc7sc8ccccc8c7c6)ccc5c43)o2)cc1. The van der Waals surface area contributed by atoms with Crippen molar-refractivity contribution in [2.24, 2.45) is 0 Å². The largest absolute Gasteiger partial charge is 0.456 e. The molecule has 0 saturated heterocycles. The molecule has 4 nitrogen and oxygen atoms in total. The lowest BCUT2D eigenvalue weighted by Gasteiger charge is -2.26. The zero-order valence-electron chi connectivity index (χ0n) is 27.8. The van der Waals surface area contributed by atoms with Crippen molar-refractivity contribution in [1.82, 2.24) is 4.98 Å². The zero-order chi connectivity index (χ0) is 34.2. The number of aromatic nitrogens is 1. The van der Waals surface area contributed by atoms with Crippen LogP contribution < -0.4 is 4.90 Å². The first-order chi connectivity index (χ1) is 25.7. The smallest absolute Gasteiger partial charge is 0.227 e. The van der Waals surface area contributed by atoms with E-state index in [4.69, 9.17) is 13.8 Å². The van der Waals surface area contributed by atoms with Crippen LogP contribution in [-0.2, 0) is 0 Å². The highest BCUT2D eigenvalue weighted by Gasteiger charge is 2.20. The van der Waals surface area contributed by atoms with Crippen molar-refractivity contribution < 1.29 is 8.83 Å². The number of rotatable bonds is 5. The predicted octanol–water partition coefficient (Wildman–Crippen LogP) is 14.1. The van der Waals surface area contributed by atoms with E-state index in [0.29, 0.717) is 5.89 Å². The third-order valence-corrected chi connectivity index (χ3v) is 11.3. The highest BCUT2D eigenvalue weighted by molar-refractivity contribution is 7.25. The molecule has 0 spiro atoms. The van der Waals surface area contributed by atoms with E-state index >= 15 is 0 Å². The lowest BCUT2D eigenvalue weighted by molar-refractivity contribution is 0.619. The third-order valence-electron chi connectivity index (χ3n) is 10.1. The van der Waals surface area contributed by atoms with Crippen LogP contribution in [0.4, 0.5) is 17.1 Å². The average Bonchev–Trinajstić information content (AvgIpc) is 3.91. The Morgan fingerprint density at radius 3 is 2.06 bits per heavy atom. The quantitative estimate of drug-likeness (QED) is 0.181. The Labute approximate surface area is 302 Å². The summed E-state index contributed by atoms with van der Waals surface area (Å²) in [5.74, 6) is 0.600. The molecule has 8 aromatic carbocycles. The van der Waals surface area contributed by atoms with Gasteiger partial charge in [-0.2, -0.15) is 0 Å². The van der Waals surface area contributed by atoms with Gasteiger partial charge in [0.15, 0.2) is 5.58 Å². The monoisotopic (exact) mass is 684 g/mol. The second-order valence-electron chi connectivity index (χ2n) is 13.1. The van der Waals surface area contributed by atoms with E-state index in [-0.39, 0.29) is 0 Å². The third kappa shape index (κ3) is 4.57. The lowest BCUT2D eigenvalue weighted by Crippen LogP contribution is -2.09. The Morgan fingerprint density at radius 2 is 1.15 bits per heavy atom. The summed E-state index contributed by atoms with van der Waals surface area (Å²) in [7, 11) is 0. The number of hydrogen-bond donors (Lipinski definition) is 0. The van der Waals surface area contributed by atoms with Crippen molar-refractivity contribution >= 4 is 92.4 Å². The summed E-state index contributed by atoms with van der Waals surface area (Å²) >= 11 is 1.83. The van der Waals surface area contributed by atoms with Crippen LogP contribution in [0.25, 0.3) is 86.6 Å². The minimum Gasteiger partial charge on any atom is -0.456 e. The fourth-order valence-corrected chi connectivity index (χ4v) is 8.74. The van der Waals surface area contributed by atoms with Gasteiger partial charge in [-0.3, -0.25) is 0 Å². The summed E-state index contributed by atoms with van der Waals surface area (Å²) in [5, 5.41) is 6.97. The number of furan rings is 1. The van der Waals surface area contributed by atoms with Crippen molar-refractivity contribution in [3.05, 3.63) is 170 Å². The van der Waals surface area contributed by atoms with E-state index < -0.39 is 0 Å². The van der Waals surface area contributed by atoms with E-state index in [1.807, 2.05) is 53.8 Å². The Morgan fingerprint density at radius 1 is 0.442 bits per heavy atom. The average molecular weight is 685 g/mol. The molecule has 0 aliphatic carbocycles. The molecule has 0 bridgehead atoms. The van der Waals surface area contributed by atoms with Crippen LogP contribution >= 0.6 is 11.3 Å². The fraction of sp³-hybridized carbons (Fsp3) is 0. The minimum atomic E-state index is 0.600. The molecule has 11 aromatic rings. The zero-order valence-corrected chi connectivity index (χ0v) is 28.6. The topological polar surface area (TPSA) is 42.4 Å². The van der Waals surface area contributed by atoms with Crippen LogP contribution in [0.3, 0.4) is 0 Å². The summed E-state index contributed by atoms with van der Waals surface area (Å²) in [4.78, 5) is 7.27. The molecule has 0 N–H and O–H groups in total. The second-order valence-corrected chi connectivity index (χ2v) is 14.2. The molecular formula is C47H28N2O2S. The molecule has 52 heavy (non-hydrogen) atoms. The van der Waals surface area contributed by atoms with Gasteiger partial charge in [-0.05, 0) is 94.7 Å². The van der Waals surface area contributed by atoms with Gasteiger partial charge >= 0.3 is 0 Å². The number of thiophene rings is 1. The van der Waals surface area contributed by atoms with Crippen molar-refractivity contribution in [2.75, 3.05) is 4.90 Å². The first kappa shape index (κ1) is 29.1. The van der Waals surface area contributed by atoms with E-state index in [2.05, 4.69) is 132 Å². The molecule has 11 rings (SSSR count). The van der Waals surface area contributed by atoms with Crippen LogP contribution in [0.2, 0.25) is 0 Å². The molecule has 0 aliphatic heterocycles. The van der Waals surface area contributed by atoms with Crippen molar-refractivity contribution in [2.45, 2.75) is 0 Å². The minimum absolute atomic E-state index is 0.600. The van der Waals surface area contributed by atoms with Crippen molar-refractivity contribution in [1.29, 1.82) is 0 Å². The molecule has 0 radical (unpaired) electrons. The van der Waals surface area contributed by atoms with Crippen LogP contribution in [0.1, 0.15) is 0 Å². The molecule has 0 amide bonds. The number of benzene rings is 8. The highest BCUT2D eigenvalue weighted by Crippen LogP contribution is 2.44. The molecule has 5 heteroatoms. The number of anilines is 3. The molecule has 0 aliphatic rings. The number of fused-ring (bicyclic) bond motifs is 9. The summed E-state index contributed by atoms with van der Waals surface area (Å²) in [6.07, 6.45) is 0. The van der Waals surface area contributed by atoms with Gasteiger partial charge in [-0.25, -0.2) is 4.98 Å². The number of oxazole rings is 1. The maximum Gasteiger partial charge on any atom is 0.227 e. The summed E-state index contributed by atoms with van der Waals surface area (Å²) < 4.78 is 15.4. The molecule has 0 fully saturated rings. The summed E-state index contributed by atoms with van der Waals surface area (Å²) in [6.45, 7) is 0. The van der Waals surface area contributed by atoms with Gasteiger partial charge in [0, 0.05) is 54.3 Å². The Bertz CT molecular complexity index is 3130. The predicted molar refractivity (Wildman–Crippen MR) is 217 cm³/mol. The molecule has 244 valence electrons. The lowest BCUT2D eigenvalue weighted by atomic mass is 9.98. The fourth-order valence-electron chi connectivity index (χ4n) is 7.65. The van der Waals surface area contributed by atoms with Crippen molar-refractivity contribution in [3.8, 4) is 22.6 Å². The molecule has 0 atom stereocenters. The normalized spacial score (nSPS) is 11.8. The van der Waals surface area contributed by atoms with Crippen LogP contribution in [0.5, 0.6) is 0 Å². The standard InChI is InChI=1S/C47H28N2O2S/c1-2-10-31(11-3-1)47-48-46-41(51-47)25-24-40-45(46)38-23-21-34(28-42(38)50-40)49(33-22-26-44-39(27-33)37-14-6-7-16-43(37)52-44)32-19-17-30(18-20-32)36-15-8-12-29-9-4-5-13-35(29)36/h1-28H. The van der Waals surface area contributed by atoms with Crippen molar-refractivity contribution in [3.63, 3.8) is 0 Å². The highest BCUT2D eigenvalue weighted by atomic mass is 32.1. The van der Waals surface area contributed by atoms with E-state index in [0.717, 1.165) is 55.7 Å². The number of nitrogens with zero attached hydrogens (tertiary/aromatic N) is 2. The second kappa shape index (κ2) is 11.4. The first-order valence-electron chi connectivity index (χ1n) is 17.4. The molecule has 3 aromatic heterocycles. The molecule has 0 unspecified atom stereocenters. The van der Waals surface area contributed by atoms with Crippen LogP contribution in [-0.4, -0.2) is 4.98 Å². The van der Waals surface area contributed by atoms with Gasteiger partial charge in [0.25, 0.3) is 0 Å². The van der Waals surface area contributed by atoms with Gasteiger partial charge < -0.3 is 13.7 Å². The Kier molecular flexibility index (Phi) is 6.39. The van der Waals surface area contributed by atoms with Gasteiger partial charge in [0.05, 0.1) is 5.39 Å². The van der Waals surface area contributed by atoms with Gasteiger partial charge in [-0.1, -0.05) is 91.0 Å². The maximum absolute atomic E-state index is 6.56. The van der Waals surface area contributed by atoms with Gasteiger partial charge in [0.1, 0.15) is 16.7 Å². The number of hydrogen-bond acceptors (Lipinski definition) is 5. The van der Waals surface area contributed by atoms with Gasteiger partial charge in [-0.15, -0.1) is 11.3 Å². The van der Waals surface area contributed by atoms with Crippen LogP contribution in [0.15, 0.2) is 179 Å².